The van der Waals surface area contributed by atoms with Gasteiger partial charge in [-0.2, -0.15) is 0 Å². The van der Waals surface area contributed by atoms with Gasteiger partial charge >= 0.3 is 12.1 Å². The van der Waals surface area contributed by atoms with Gasteiger partial charge in [0.15, 0.2) is 17.4 Å². The Morgan fingerprint density at radius 2 is 1.95 bits per heavy atom. The molecule has 2 aromatic heterocycles. The van der Waals surface area contributed by atoms with Crippen LogP contribution in [0, 0.1) is 5.82 Å². The van der Waals surface area contributed by atoms with Gasteiger partial charge in [0.2, 0.25) is 0 Å². The lowest BCUT2D eigenvalue weighted by atomic mass is 10.1. The number of nitrogens with one attached hydrogen (secondary N) is 2. The standard InChI is InChI=1S/C27H28ClFN6O6/c1-27(2,3)41-26(39)35-13-15(10-20(35)25(37)38)32-24(36)17-11-30-8-7-19(17)33-23-21(40-4)12-31-22(34-23)16-9-14(28)5-6-18(16)29/h5-9,11-12,15,20H,10,13H2,1-4H3,(H,32,36)(H,37,38)(H,30,31,33,34)/t15?,20-/m1/s1. The summed E-state index contributed by atoms with van der Waals surface area (Å²) in [4.78, 5) is 51.4. The Balaban J connectivity index is 1.56. The molecule has 3 aromatic rings. The van der Waals surface area contributed by atoms with Gasteiger partial charge in [-0.1, -0.05) is 11.6 Å². The number of nitrogens with zero attached hydrogens (tertiary/aromatic N) is 4. The molecular weight excluding hydrogens is 559 g/mol. The van der Waals surface area contributed by atoms with Gasteiger partial charge in [-0.05, 0) is 45.0 Å². The molecule has 0 saturated carbocycles. The number of carbonyl (C=O) groups excluding carboxylic acids is 2. The highest BCUT2D eigenvalue weighted by atomic mass is 35.5. The van der Waals surface area contributed by atoms with Gasteiger partial charge in [-0.3, -0.25) is 14.7 Å². The van der Waals surface area contributed by atoms with Crippen LogP contribution in [0.2, 0.25) is 5.02 Å². The SMILES string of the molecule is COc1cnc(-c2cc(Cl)ccc2F)nc1Nc1ccncc1C(=O)NC1C[C@H](C(=O)O)N(C(=O)OC(C)(C)C)C1. The van der Waals surface area contributed by atoms with Crippen molar-refractivity contribution in [2.45, 2.75) is 44.9 Å². The van der Waals surface area contributed by atoms with Crippen LogP contribution in [0.5, 0.6) is 5.75 Å². The fraction of sp³-hybridized carbons (Fsp3) is 0.333. The Bertz CT molecular complexity index is 1480. The summed E-state index contributed by atoms with van der Waals surface area (Å²) in [6.07, 6.45) is 3.32. The van der Waals surface area contributed by atoms with Gasteiger partial charge < -0.3 is 25.2 Å². The number of carboxylic acid groups (broad SMARTS) is 1. The van der Waals surface area contributed by atoms with Crippen molar-refractivity contribution in [3.8, 4) is 17.1 Å². The minimum atomic E-state index is -1.21. The van der Waals surface area contributed by atoms with Crippen molar-refractivity contribution in [1.82, 2.24) is 25.2 Å². The number of carboxylic acids is 1. The molecule has 1 fully saturated rings. The third-order valence-electron chi connectivity index (χ3n) is 6.01. The predicted octanol–water partition coefficient (Wildman–Crippen LogP) is 4.28. The number of carbonyl (C=O) groups is 3. The van der Waals surface area contributed by atoms with Gasteiger partial charge in [-0.25, -0.2) is 23.9 Å². The lowest BCUT2D eigenvalue weighted by Gasteiger charge is -2.26. The van der Waals surface area contributed by atoms with Gasteiger partial charge in [0.25, 0.3) is 5.91 Å². The lowest BCUT2D eigenvalue weighted by molar-refractivity contribution is -0.142. The normalized spacial score (nSPS) is 16.7. The average molecular weight is 587 g/mol. The molecule has 0 spiro atoms. The summed E-state index contributed by atoms with van der Waals surface area (Å²) in [6, 6.07) is 3.68. The minimum absolute atomic E-state index is 0.0162. The summed E-state index contributed by atoms with van der Waals surface area (Å²) in [5, 5.41) is 15.7. The molecule has 1 unspecified atom stereocenters. The predicted molar refractivity (Wildman–Crippen MR) is 147 cm³/mol. The van der Waals surface area contributed by atoms with Crippen molar-refractivity contribution in [2.75, 3.05) is 19.0 Å². The fourth-order valence-electron chi connectivity index (χ4n) is 4.18. The Labute approximate surface area is 239 Å². The van der Waals surface area contributed by atoms with Crippen molar-refractivity contribution in [3.05, 3.63) is 59.3 Å². The van der Waals surface area contributed by atoms with Crippen LogP contribution in [0.4, 0.5) is 20.7 Å². The van der Waals surface area contributed by atoms with Gasteiger partial charge in [0, 0.05) is 36.4 Å². The van der Waals surface area contributed by atoms with Crippen molar-refractivity contribution in [3.63, 3.8) is 0 Å². The van der Waals surface area contributed by atoms with E-state index in [4.69, 9.17) is 21.1 Å². The summed E-state index contributed by atoms with van der Waals surface area (Å²) in [5.41, 5.74) is -0.368. The van der Waals surface area contributed by atoms with E-state index in [0.717, 1.165) is 4.90 Å². The molecule has 216 valence electrons. The summed E-state index contributed by atoms with van der Waals surface area (Å²) in [6.45, 7) is 4.96. The fourth-order valence-corrected chi connectivity index (χ4v) is 4.35. The number of pyridine rings is 1. The number of halogens is 2. The van der Waals surface area contributed by atoms with Crippen LogP contribution < -0.4 is 15.4 Å². The van der Waals surface area contributed by atoms with E-state index in [0.29, 0.717) is 5.02 Å². The van der Waals surface area contributed by atoms with Crippen LogP contribution in [0.25, 0.3) is 11.4 Å². The molecule has 1 saturated heterocycles. The summed E-state index contributed by atoms with van der Waals surface area (Å²) >= 11 is 6.03. The number of hydrogen-bond acceptors (Lipinski definition) is 9. The summed E-state index contributed by atoms with van der Waals surface area (Å²) in [5.74, 6) is -1.98. The molecule has 12 nitrogen and oxygen atoms in total. The van der Waals surface area contributed by atoms with Crippen LogP contribution in [-0.2, 0) is 9.53 Å². The number of methoxy groups -OCH3 is 1. The largest absolute Gasteiger partial charge is 0.491 e. The summed E-state index contributed by atoms with van der Waals surface area (Å²) in [7, 11) is 1.40. The van der Waals surface area contributed by atoms with Gasteiger partial charge in [-0.15, -0.1) is 0 Å². The van der Waals surface area contributed by atoms with Crippen molar-refractivity contribution in [1.29, 1.82) is 0 Å². The lowest BCUT2D eigenvalue weighted by Crippen LogP contribution is -2.44. The molecule has 0 bridgehead atoms. The third-order valence-corrected chi connectivity index (χ3v) is 6.25. The Morgan fingerprint density at radius 3 is 2.63 bits per heavy atom. The zero-order valence-electron chi connectivity index (χ0n) is 22.6. The first-order valence-corrected chi connectivity index (χ1v) is 12.8. The van der Waals surface area contributed by atoms with Crippen molar-refractivity contribution < 1.29 is 33.4 Å². The quantitative estimate of drug-likeness (QED) is 0.365. The number of ether oxygens (including phenoxy) is 2. The number of likely N-dealkylation sites (tertiary alicyclic amines) is 1. The van der Waals surface area contributed by atoms with Crippen molar-refractivity contribution in [2.24, 2.45) is 0 Å². The molecule has 1 aliphatic rings. The molecule has 3 heterocycles. The van der Waals surface area contributed by atoms with E-state index >= 15 is 0 Å². The smallest absolute Gasteiger partial charge is 0.411 e. The Hall–Kier alpha value is -4.52. The molecule has 0 aliphatic carbocycles. The first-order valence-electron chi connectivity index (χ1n) is 12.5. The van der Waals surface area contributed by atoms with E-state index in [1.165, 1.54) is 50.0 Å². The number of rotatable bonds is 7. The van der Waals surface area contributed by atoms with Crippen LogP contribution in [0.1, 0.15) is 37.6 Å². The molecule has 1 aromatic carbocycles. The van der Waals surface area contributed by atoms with Crippen LogP contribution in [0.3, 0.4) is 0 Å². The molecule has 2 atom stereocenters. The van der Waals surface area contributed by atoms with Crippen LogP contribution >= 0.6 is 11.6 Å². The Morgan fingerprint density at radius 1 is 1.20 bits per heavy atom. The maximum atomic E-state index is 14.5. The number of benzene rings is 1. The number of aromatic nitrogens is 3. The second kappa shape index (κ2) is 11.9. The number of amides is 2. The second-order valence-corrected chi connectivity index (χ2v) is 10.6. The molecule has 41 heavy (non-hydrogen) atoms. The van der Waals surface area contributed by atoms with Gasteiger partial charge in [0.1, 0.15) is 17.5 Å². The maximum absolute atomic E-state index is 14.5. The highest BCUT2D eigenvalue weighted by Gasteiger charge is 2.42. The highest BCUT2D eigenvalue weighted by molar-refractivity contribution is 6.30. The number of hydrogen-bond donors (Lipinski definition) is 3. The molecule has 0 radical (unpaired) electrons. The molecule has 4 rings (SSSR count). The zero-order valence-corrected chi connectivity index (χ0v) is 23.4. The van der Waals surface area contributed by atoms with Gasteiger partial charge in [0.05, 0.1) is 30.1 Å². The monoisotopic (exact) mass is 586 g/mol. The average Bonchev–Trinajstić information content (AvgIpc) is 3.34. The molecular formula is C27H28ClFN6O6. The first-order chi connectivity index (χ1) is 19.4. The van der Waals surface area contributed by atoms with Crippen LogP contribution in [-0.4, -0.2) is 74.3 Å². The van der Waals surface area contributed by atoms with Crippen molar-refractivity contribution >= 4 is 41.1 Å². The third kappa shape index (κ3) is 6.98. The molecule has 14 heteroatoms. The number of anilines is 2. The molecule has 1 aliphatic heterocycles. The highest BCUT2D eigenvalue weighted by Crippen LogP contribution is 2.31. The van der Waals surface area contributed by atoms with E-state index in [1.54, 1.807) is 20.8 Å². The number of aliphatic carboxylic acids is 1. The minimum Gasteiger partial charge on any atom is -0.491 e. The van der Waals surface area contributed by atoms with E-state index in [2.05, 4.69) is 25.6 Å². The van der Waals surface area contributed by atoms with E-state index in [1.807, 2.05) is 0 Å². The molecule has 2 amide bonds. The first kappa shape index (κ1) is 29.5. The second-order valence-electron chi connectivity index (χ2n) is 10.2. The van der Waals surface area contributed by atoms with Crippen LogP contribution in [0.15, 0.2) is 42.9 Å². The van der Waals surface area contributed by atoms with E-state index in [-0.39, 0.29) is 47.2 Å². The van der Waals surface area contributed by atoms with E-state index < -0.39 is 41.5 Å². The van der Waals surface area contributed by atoms with E-state index in [9.17, 15) is 23.9 Å². The topological polar surface area (TPSA) is 156 Å². The molecule has 3 N–H and O–H groups in total. The Kier molecular flexibility index (Phi) is 8.57. The summed E-state index contributed by atoms with van der Waals surface area (Å²) < 4.78 is 25.2. The maximum Gasteiger partial charge on any atom is 0.411 e. The zero-order chi connectivity index (χ0) is 29.9.